The first-order chi connectivity index (χ1) is 9.10. The van der Waals surface area contributed by atoms with Crippen molar-refractivity contribution < 1.29 is 24.2 Å². The second-order valence-corrected chi connectivity index (χ2v) is 3.97. The zero-order valence-corrected chi connectivity index (χ0v) is 10.3. The first-order valence-corrected chi connectivity index (χ1v) is 5.80. The highest BCUT2D eigenvalue weighted by molar-refractivity contribution is 5.92. The normalized spacial score (nSPS) is 13.7. The van der Waals surface area contributed by atoms with E-state index in [1.165, 1.54) is 0 Å². The molecule has 0 spiro atoms. The van der Waals surface area contributed by atoms with Crippen molar-refractivity contribution in [2.24, 2.45) is 0 Å². The Morgan fingerprint density at radius 3 is 2.79 bits per heavy atom. The van der Waals surface area contributed by atoms with E-state index in [4.69, 9.17) is 14.6 Å². The molecule has 2 rings (SSSR count). The van der Waals surface area contributed by atoms with Crippen LogP contribution in [0.2, 0.25) is 0 Å². The number of aliphatic carboxylic acids is 1. The van der Waals surface area contributed by atoms with Gasteiger partial charge in [0, 0.05) is 11.8 Å². The van der Waals surface area contributed by atoms with E-state index in [2.05, 4.69) is 10.6 Å². The molecule has 0 saturated carbocycles. The number of anilines is 1. The monoisotopic (exact) mass is 266 g/mol. The average Bonchev–Trinajstić information content (AvgIpc) is 2.82. The minimum atomic E-state index is -1.07. The highest BCUT2D eigenvalue weighted by atomic mass is 16.7. The predicted molar refractivity (Wildman–Crippen MR) is 66.4 cm³/mol. The van der Waals surface area contributed by atoms with Crippen LogP contribution in [0.25, 0.3) is 0 Å². The van der Waals surface area contributed by atoms with Gasteiger partial charge < -0.3 is 25.2 Å². The van der Waals surface area contributed by atoms with Gasteiger partial charge in [-0.2, -0.15) is 0 Å². The smallest absolute Gasteiger partial charge is 0.326 e. The lowest BCUT2D eigenvalue weighted by Gasteiger charge is -2.13. The van der Waals surface area contributed by atoms with Gasteiger partial charge >= 0.3 is 12.0 Å². The maximum Gasteiger partial charge on any atom is 0.326 e. The molecule has 102 valence electrons. The molecule has 1 aliphatic heterocycles. The summed E-state index contributed by atoms with van der Waals surface area (Å²) in [6.07, 6.45) is 0.309. The fraction of sp³-hybridized carbons (Fsp3) is 0.333. The molecule has 1 heterocycles. The molecule has 1 aromatic rings. The van der Waals surface area contributed by atoms with Crippen LogP contribution in [-0.2, 0) is 4.79 Å². The molecule has 2 amide bonds. The van der Waals surface area contributed by atoms with Crippen LogP contribution in [0.1, 0.15) is 13.3 Å². The maximum absolute atomic E-state index is 11.6. The summed E-state index contributed by atoms with van der Waals surface area (Å²) in [6.45, 7) is 1.83. The van der Waals surface area contributed by atoms with E-state index in [1.807, 2.05) is 0 Å². The van der Waals surface area contributed by atoms with Crippen LogP contribution in [0.4, 0.5) is 10.5 Å². The lowest BCUT2D eigenvalue weighted by atomic mass is 10.2. The summed E-state index contributed by atoms with van der Waals surface area (Å²) in [7, 11) is 0. The molecular formula is C12H14N2O5. The SMILES string of the molecule is CCC(NC(=O)Nc1ccc2c(c1)OCO2)C(=O)O. The topological polar surface area (TPSA) is 96.9 Å². The van der Waals surface area contributed by atoms with Crippen LogP contribution in [0.15, 0.2) is 18.2 Å². The van der Waals surface area contributed by atoms with Crippen LogP contribution in [-0.4, -0.2) is 29.9 Å². The van der Waals surface area contributed by atoms with Gasteiger partial charge in [-0.1, -0.05) is 6.92 Å². The van der Waals surface area contributed by atoms with Crippen molar-refractivity contribution in [2.75, 3.05) is 12.1 Å². The number of amides is 2. The van der Waals surface area contributed by atoms with Crippen molar-refractivity contribution in [3.63, 3.8) is 0 Å². The summed E-state index contributed by atoms with van der Waals surface area (Å²) in [5.41, 5.74) is 0.502. The molecule has 3 N–H and O–H groups in total. The Hall–Kier alpha value is -2.44. The van der Waals surface area contributed by atoms with Gasteiger partial charge in [0.1, 0.15) is 6.04 Å². The standard InChI is InChI=1S/C12H14N2O5/c1-2-8(11(15)16)14-12(17)13-7-3-4-9-10(5-7)19-6-18-9/h3-5,8H,2,6H2,1H3,(H,15,16)(H2,13,14,17). The Kier molecular flexibility index (Phi) is 3.74. The van der Waals surface area contributed by atoms with E-state index in [0.717, 1.165) is 0 Å². The van der Waals surface area contributed by atoms with Gasteiger partial charge in [-0.15, -0.1) is 0 Å². The minimum Gasteiger partial charge on any atom is -0.480 e. The molecule has 1 aromatic carbocycles. The number of benzene rings is 1. The van der Waals surface area contributed by atoms with E-state index < -0.39 is 18.0 Å². The Balaban J connectivity index is 1.97. The zero-order valence-electron chi connectivity index (χ0n) is 10.3. The molecule has 7 nitrogen and oxygen atoms in total. The quantitative estimate of drug-likeness (QED) is 0.765. The molecule has 0 fully saturated rings. The molecule has 0 saturated heterocycles. The van der Waals surface area contributed by atoms with E-state index >= 15 is 0 Å². The Morgan fingerprint density at radius 2 is 2.11 bits per heavy atom. The number of urea groups is 1. The Bertz CT molecular complexity index is 503. The molecule has 19 heavy (non-hydrogen) atoms. The largest absolute Gasteiger partial charge is 0.480 e. The summed E-state index contributed by atoms with van der Waals surface area (Å²) in [6, 6.07) is 3.45. The average molecular weight is 266 g/mol. The van der Waals surface area contributed by atoms with Crippen molar-refractivity contribution in [1.29, 1.82) is 0 Å². The predicted octanol–water partition coefficient (Wildman–Crippen LogP) is 1.40. The van der Waals surface area contributed by atoms with Crippen LogP contribution in [0, 0.1) is 0 Å². The van der Waals surface area contributed by atoms with Gasteiger partial charge in [-0.05, 0) is 18.6 Å². The van der Waals surface area contributed by atoms with Crippen LogP contribution in [0.3, 0.4) is 0 Å². The fourth-order valence-corrected chi connectivity index (χ4v) is 1.64. The van der Waals surface area contributed by atoms with Crippen molar-refractivity contribution in [1.82, 2.24) is 5.32 Å². The second kappa shape index (κ2) is 5.47. The summed E-state index contributed by atoms with van der Waals surface area (Å²) >= 11 is 0. The molecule has 7 heteroatoms. The van der Waals surface area contributed by atoms with Crippen LogP contribution >= 0.6 is 0 Å². The summed E-state index contributed by atoms with van der Waals surface area (Å²) in [5, 5.41) is 13.7. The molecular weight excluding hydrogens is 252 g/mol. The first kappa shape index (κ1) is 13.0. The van der Waals surface area contributed by atoms with Crippen LogP contribution in [0.5, 0.6) is 11.5 Å². The number of carboxylic acid groups (broad SMARTS) is 1. The van der Waals surface area contributed by atoms with Gasteiger partial charge in [-0.3, -0.25) is 0 Å². The number of ether oxygens (including phenoxy) is 2. The minimum absolute atomic E-state index is 0.155. The lowest BCUT2D eigenvalue weighted by molar-refractivity contribution is -0.139. The number of hydrogen-bond acceptors (Lipinski definition) is 4. The first-order valence-electron chi connectivity index (χ1n) is 5.80. The van der Waals surface area contributed by atoms with E-state index in [-0.39, 0.29) is 6.79 Å². The maximum atomic E-state index is 11.6. The van der Waals surface area contributed by atoms with E-state index in [0.29, 0.717) is 23.6 Å². The molecule has 1 atom stereocenters. The number of carboxylic acids is 1. The van der Waals surface area contributed by atoms with Gasteiger partial charge in [0.05, 0.1) is 0 Å². The highest BCUT2D eigenvalue weighted by Crippen LogP contribution is 2.34. The molecule has 1 aliphatic rings. The van der Waals surface area contributed by atoms with Gasteiger partial charge in [-0.25, -0.2) is 9.59 Å². The Morgan fingerprint density at radius 1 is 1.37 bits per heavy atom. The van der Waals surface area contributed by atoms with Crippen LogP contribution < -0.4 is 20.1 Å². The number of hydrogen-bond donors (Lipinski definition) is 3. The number of fused-ring (bicyclic) bond motifs is 1. The molecule has 0 bridgehead atoms. The third kappa shape index (κ3) is 3.06. The van der Waals surface area contributed by atoms with Crippen molar-refractivity contribution in [3.8, 4) is 11.5 Å². The number of rotatable bonds is 4. The van der Waals surface area contributed by atoms with Gasteiger partial charge in [0.15, 0.2) is 11.5 Å². The van der Waals surface area contributed by atoms with E-state index in [9.17, 15) is 9.59 Å². The van der Waals surface area contributed by atoms with Crippen molar-refractivity contribution in [3.05, 3.63) is 18.2 Å². The molecule has 0 radical (unpaired) electrons. The summed E-state index contributed by atoms with van der Waals surface area (Å²) in [5.74, 6) is 0.0920. The lowest BCUT2D eigenvalue weighted by Crippen LogP contribution is -2.42. The second-order valence-electron chi connectivity index (χ2n) is 3.97. The molecule has 0 aromatic heterocycles. The van der Waals surface area contributed by atoms with E-state index in [1.54, 1.807) is 25.1 Å². The third-order valence-corrected chi connectivity index (χ3v) is 2.64. The number of nitrogens with one attached hydrogen (secondary N) is 2. The van der Waals surface area contributed by atoms with Gasteiger partial charge in [0.25, 0.3) is 0 Å². The number of carbonyl (C=O) groups excluding carboxylic acids is 1. The van der Waals surface area contributed by atoms with Crippen molar-refractivity contribution in [2.45, 2.75) is 19.4 Å². The Labute approximate surface area is 109 Å². The summed E-state index contributed by atoms with van der Waals surface area (Å²) < 4.78 is 10.3. The highest BCUT2D eigenvalue weighted by Gasteiger charge is 2.18. The zero-order chi connectivity index (χ0) is 13.8. The molecule has 0 aliphatic carbocycles. The third-order valence-electron chi connectivity index (χ3n) is 2.64. The van der Waals surface area contributed by atoms with Gasteiger partial charge in [0.2, 0.25) is 6.79 Å². The molecule has 1 unspecified atom stereocenters. The van der Waals surface area contributed by atoms with Crippen molar-refractivity contribution >= 4 is 17.7 Å². The fourth-order valence-electron chi connectivity index (χ4n) is 1.64. The number of carbonyl (C=O) groups is 2. The summed E-state index contributed by atoms with van der Waals surface area (Å²) in [4.78, 5) is 22.4.